The molecular formula is C9H16F3NO3. The number of hydrogen-bond donors (Lipinski definition) is 2. The van der Waals surface area contributed by atoms with Crippen LogP contribution in [0.3, 0.4) is 0 Å². The van der Waals surface area contributed by atoms with Crippen molar-refractivity contribution in [3.8, 4) is 0 Å². The molecule has 0 heterocycles. The highest BCUT2D eigenvalue weighted by Crippen LogP contribution is 2.14. The molecule has 16 heavy (non-hydrogen) atoms. The summed E-state index contributed by atoms with van der Waals surface area (Å²) in [6, 6.07) is 0. The molecule has 1 unspecified atom stereocenters. The summed E-state index contributed by atoms with van der Waals surface area (Å²) < 4.78 is 38.9. The Balaban J connectivity index is 3.71. The maximum absolute atomic E-state index is 11.7. The molecule has 0 saturated carbocycles. The smallest absolute Gasteiger partial charge is 0.422 e. The first kappa shape index (κ1) is 15.0. The Morgan fingerprint density at radius 1 is 1.50 bits per heavy atom. The number of aliphatic hydroxyl groups is 1. The number of carbonyl (C=O) groups excluding carboxylic acids is 1. The summed E-state index contributed by atoms with van der Waals surface area (Å²) in [4.78, 5) is 10.8. The van der Waals surface area contributed by atoms with E-state index in [0.717, 1.165) is 6.42 Å². The molecule has 0 aromatic carbocycles. The molecule has 0 rings (SSSR count). The minimum absolute atomic E-state index is 0.0161. The molecule has 0 aliphatic rings. The average molecular weight is 243 g/mol. The third-order valence-corrected chi connectivity index (χ3v) is 2.02. The van der Waals surface area contributed by atoms with Crippen LogP contribution < -0.4 is 5.32 Å². The van der Waals surface area contributed by atoms with E-state index in [2.05, 4.69) is 10.1 Å². The number of alkyl halides is 3. The van der Waals surface area contributed by atoms with Crippen molar-refractivity contribution in [2.24, 2.45) is 5.92 Å². The van der Waals surface area contributed by atoms with Crippen LogP contribution in [0.5, 0.6) is 0 Å². The second-order valence-corrected chi connectivity index (χ2v) is 3.36. The van der Waals surface area contributed by atoms with Gasteiger partial charge < -0.3 is 15.2 Å². The minimum Gasteiger partial charge on any atom is -0.440 e. The van der Waals surface area contributed by atoms with Gasteiger partial charge in [-0.05, 0) is 12.3 Å². The molecule has 0 spiro atoms. The summed E-state index contributed by atoms with van der Waals surface area (Å²) in [5.74, 6) is 0.0448. The summed E-state index contributed by atoms with van der Waals surface area (Å²) in [6.07, 6.45) is -4.38. The van der Waals surface area contributed by atoms with Gasteiger partial charge in [0.15, 0.2) is 6.61 Å². The van der Waals surface area contributed by atoms with E-state index in [1.807, 2.05) is 6.92 Å². The van der Waals surface area contributed by atoms with Gasteiger partial charge in [-0.1, -0.05) is 13.3 Å². The van der Waals surface area contributed by atoms with Gasteiger partial charge in [-0.3, -0.25) is 0 Å². The first-order valence-electron chi connectivity index (χ1n) is 4.97. The summed E-state index contributed by atoms with van der Waals surface area (Å²) in [5, 5.41) is 10.9. The Hall–Kier alpha value is -0.980. The van der Waals surface area contributed by atoms with Crippen LogP contribution in [0.4, 0.5) is 18.0 Å². The second-order valence-electron chi connectivity index (χ2n) is 3.36. The Bertz CT molecular complexity index is 209. The fourth-order valence-corrected chi connectivity index (χ4v) is 1.06. The molecule has 1 amide bonds. The van der Waals surface area contributed by atoms with Crippen molar-refractivity contribution >= 4 is 6.09 Å². The number of carbonyl (C=O) groups is 1. The summed E-state index contributed by atoms with van der Waals surface area (Å²) in [6.45, 7) is 0.463. The lowest BCUT2D eigenvalue weighted by Crippen LogP contribution is -2.32. The predicted molar refractivity (Wildman–Crippen MR) is 50.9 cm³/mol. The first-order valence-corrected chi connectivity index (χ1v) is 4.97. The number of hydrogen-bond acceptors (Lipinski definition) is 3. The molecule has 0 aromatic heterocycles. The van der Waals surface area contributed by atoms with E-state index in [0.29, 0.717) is 6.42 Å². The van der Waals surface area contributed by atoms with E-state index in [1.165, 1.54) is 0 Å². The lowest BCUT2D eigenvalue weighted by molar-refractivity contribution is -0.160. The molecule has 0 aromatic rings. The van der Waals surface area contributed by atoms with Gasteiger partial charge >= 0.3 is 12.3 Å². The zero-order chi connectivity index (χ0) is 12.6. The van der Waals surface area contributed by atoms with Crippen molar-refractivity contribution < 1.29 is 27.8 Å². The van der Waals surface area contributed by atoms with Gasteiger partial charge in [0.1, 0.15) is 0 Å². The number of halogens is 3. The first-order chi connectivity index (χ1) is 7.39. The number of rotatable bonds is 6. The number of aliphatic hydroxyl groups excluding tert-OH is 1. The van der Waals surface area contributed by atoms with Gasteiger partial charge in [0, 0.05) is 13.2 Å². The Morgan fingerprint density at radius 3 is 2.56 bits per heavy atom. The van der Waals surface area contributed by atoms with Crippen LogP contribution in [0, 0.1) is 5.92 Å². The monoisotopic (exact) mass is 243 g/mol. The molecule has 0 bridgehead atoms. The molecule has 0 fully saturated rings. The van der Waals surface area contributed by atoms with Crippen molar-refractivity contribution in [1.29, 1.82) is 0 Å². The standard InChI is InChI=1S/C9H16F3NO3/c1-2-7(3-4-14)5-13-8(15)16-6-9(10,11)12/h7,14H,2-6H2,1H3,(H,13,15). The zero-order valence-corrected chi connectivity index (χ0v) is 9.01. The van der Waals surface area contributed by atoms with Gasteiger partial charge in [-0.15, -0.1) is 0 Å². The van der Waals surface area contributed by atoms with Crippen molar-refractivity contribution in [2.45, 2.75) is 25.9 Å². The van der Waals surface area contributed by atoms with E-state index in [1.54, 1.807) is 0 Å². The number of amides is 1. The highest BCUT2D eigenvalue weighted by Gasteiger charge is 2.29. The molecule has 0 radical (unpaired) electrons. The molecule has 4 nitrogen and oxygen atoms in total. The number of alkyl carbamates (subject to hydrolysis) is 1. The average Bonchev–Trinajstić information content (AvgIpc) is 2.20. The molecule has 0 saturated heterocycles. The molecule has 0 aliphatic heterocycles. The fourth-order valence-electron chi connectivity index (χ4n) is 1.06. The summed E-state index contributed by atoms with van der Waals surface area (Å²) in [7, 11) is 0. The molecule has 7 heteroatoms. The van der Waals surface area contributed by atoms with E-state index < -0.39 is 18.9 Å². The molecule has 0 aliphatic carbocycles. The largest absolute Gasteiger partial charge is 0.440 e. The van der Waals surface area contributed by atoms with Crippen molar-refractivity contribution in [3.05, 3.63) is 0 Å². The van der Waals surface area contributed by atoms with E-state index >= 15 is 0 Å². The van der Waals surface area contributed by atoms with Crippen LogP contribution in [0.2, 0.25) is 0 Å². The zero-order valence-electron chi connectivity index (χ0n) is 9.01. The Kier molecular flexibility index (Phi) is 6.87. The summed E-state index contributed by atoms with van der Waals surface area (Å²) in [5.41, 5.74) is 0. The summed E-state index contributed by atoms with van der Waals surface area (Å²) >= 11 is 0. The molecule has 1 atom stereocenters. The van der Waals surface area contributed by atoms with Gasteiger partial charge in [0.25, 0.3) is 0 Å². The second kappa shape index (κ2) is 7.32. The molecule has 2 N–H and O–H groups in total. The molecular weight excluding hydrogens is 227 g/mol. The van der Waals surface area contributed by atoms with E-state index in [4.69, 9.17) is 5.11 Å². The normalized spacial score (nSPS) is 13.3. The third-order valence-electron chi connectivity index (χ3n) is 2.02. The van der Waals surface area contributed by atoms with Gasteiger partial charge in [-0.25, -0.2) is 4.79 Å². The van der Waals surface area contributed by atoms with Gasteiger partial charge in [0.05, 0.1) is 0 Å². The third kappa shape index (κ3) is 8.34. The topological polar surface area (TPSA) is 58.6 Å². The van der Waals surface area contributed by atoms with Crippen LogP contribution in [-0.4, -0.2) is 37.1 Å². The van der Waals surface area contributed by atoms with E-state index in [-0.39, 0.29) is 19.1 Å². The van der Waals surface area contributed by atoms with Crippen LogP contribution in [-0.2, 0) is 4.74 Å². The van der Waals surface area contributed by atoms with Crippen molar-refractivity contribution in [1.82, 2.24) is 5.32 Å². The lowest BCUT2D eigenvalue weighted by Gasteiger charge is -2.14. The SMILES string of the molecule is CCC(CCO)CNC(=O)OCC(F)(F)F. The number of ether oxygens (including phenoxy) is 1. The van der Waals surface area contributed by atoms with Crippen molar-refractivity contribution in [3.63, 3.8) is 0 Å². The Labute approximate surface area is 91.8 Å². The number of nitrogens with one attached hydrogen (secondary N) is 1. The highest BCUT2D eigenvalue weighted by molar-refractivity contribution is 5.67. The fraction of sp³-hybridized carbons (Fsp3) is 0.889. The lowest BCUT2D eigenvalue weighted by atomic mass is 10.0. The van der Waals surface area contributed by atoms with Crippen LogP contribution >= 0.6 is 0 Å². The van der Waals surface area contributed by atoms with Crippen LogP contribution in [0.15, 0.2) is 0 Å². The van der Waals surface area contributed by atoms with Crippen molar-refractivity contribution in [2.75, 3.05) is 19.8 Å². The van der Waals surface area contributed by atoms with Crippen LogP contribution in [0.1, 0.15) is 19.8 Å². The van der Waals surface area contributed by atoms with E-state index in [9.17, 15) is 18.0 Å². The predicted octanol–water partition coefficient (Wildman–Crippen LogP) is 1.68. The Morgan fingerprint density at radius 2 is 2.12 bits per heavy atom. The molecule has 96 valence electrons. The maximum Gasteiger partial charge on any atom is 0.422 e. The van der Waals surface area contributed by atoms with Gasteiger partial charge in [0.2, 0.25) is 0 Å². The van der Waals surface area contributed by atoms with Crippen LogP contribution in [0.25, 0.3) is 0 Å². The maximum atomic E-state index is 11.7. The van der Waals surface area contributed by atoms with Gasteiger partial charge in [-0.2, -0.15) is 13.2 Å². The minimum atomic E-state index is -4.51. The quantitative estimate of drug-likeness (QED) is 0.746. The highest BCUT2D eigenvalue weighted by atomic mass is 19.4.